The average molecular weight is 415 g/mol. The molecule has 158 valence electrons. The summed E-state index contributed by atoms with van der Waals surface area (Å²) in [4.78, 5) is 25.3. The Hall–Kier alpha value is -3.80. The summed E-state index contributed by atoms with van der Waals surface area (Å²) in [6.45, 7) is 3.36. The van der Waals surface area contributed by atoms with Crippen molar-refractivity contribution >= 4 is 28.4 Å². The summed E-state index contributed by atoms with van der Waals surface area (Å²) < 4.78 is 7.20. The fraction of sp³-hybridized carbons (Fsp3) is 0.200. The molecule has 0 aliphatic carbocycles. The van der Waals surface area contributed by atoms with E-state index < -0.39 is 0 Å². The van der Waals surface area contributed by atoms with Crippen LogP contribution in [0.5, 0.6) is 0 Å². The topological polar surface area (TPSA) is 76.3 Å². The number of carbonyl (C=O) groups excluding carboxylic acids is 2. The van der Waals surface area contributed by atoms with Gasteiger partial charge >= 0.3 is 0 Å². The van der Waals surface area contributed by atoms with Gasteiger partial charge in [-0.05, 0) is 48.4 Å². The normalized spacial score (nSPS) is 10.9. The van der Waals surface area contributed by atoms with E-state index in [9.17, 15) is 9.59 Å². The van der Waals surface area contributed by atoms with Gasteiger partial charge in [-0.15, -0.1) is 0 Å². The molecular formula is C25H25N3O3. The Balaban J connectivity index is 1.59. The molecule has 0 bridgehead atoms. The SMILES string of the molecule is CCCCn1c(C(=O)NCc2ccccc2)cc2cc(NC(=O)c3ccco3)ccc21. The number of carbonyl (C=O) groups is 2. The molecule has 0 saturated carbocycles. The highest BCUT2D eigenvalue weighted by Crippen LogP contribution is 2.25. The Morgan fingerprint density at radius 3 is 2.55 bits per heavy atom. The molecule has 4 rings (SSSR count). The molecule has 2 amide bonds. The minimum Gasteiger partial charge on any atom is -0.459 e. The Morgan fingerprint density at radius 1 is 0.968 bits per heavy atom. The third kappa shape index (κ3) is 4.69. The number of aryl methyl sites for hydroxylation is 1. The minimum atomic E-state index is -0.310. The van der Waals surface area contributed by atoms with Crippen molar-refractivity contribution < 1.29 is 14.0 Å². The maximum Gasteiger partial charge on any atom is 0.291 e. The summed E-state index contributed by atoms with van der Waals surface area (Å²) >= 11 is 0. The van der Waals surface area contributed by atoms with Gasteiger partial charge in [-0.2, -0.15) is 0 Å². The lowest BCUT2D eigenvalue weighted by Gasteiger charge is -2.11. The highest BCUT2D eigenvalue weighted by atomic mass is 16.3. The van der Waals surface area contributed by atoms with E-state index in [1.165, 1.54) is 6.26 Å². The van der Waals surface area contributed by atoms with Crippen LogP contribution in [0.3, 0.4) is 0 Å². The van der Waals surface area contributed by atoms with Crippen LogP contribution < -0.4 is 10.6 Å². The van der Waals surface area contributed by atoms with Gasteiger partial charge in [-0.25, -0.2) is 0 Å². The van der Waals surface area contributed by atoms with Crippen molar-refractivity contribution in [2.24, 2.45) is 0 Å². The number of nitrogens with zero attached hydrogens (tertiary/aromatic N) is 1. The van der Waals surface area contributed by atoms with Gasteiger partial charge in [0.1, 0.15) is 5.69 Å². The first-order valence-corrected chi connectivity index (χ1v) is 10.5. The number of unbranched alkanes of at least 4 members (excludes halogenated alkanes) is 1. The number of anilines is 1. The number of furan rings is 1. The zero-order valence-corrected chi connectivity index (χ0v) is 17.4. The Bertz CT molecular complexity index is 1180. The zero-order chi connectivity index (χ0) is 21.6. The Kier molecular flexibility index (Phi) is 6.17. The maximum atomic E-state index is 13.0. The summed E-state index contributed by atoms with van der Waals surface area (Å²) in [6, 6.07) is 20.7. The second-order valence-corrected chi connectivity index (χ2v) is 7.41. The third-order valence-electron chi connectivity index (χ3n) is 5.17. The lowest BCUT2D eigenvalue weighted by atomic mass is 10.2. The van der Waals surface area contributed by atoms with Crippen LogP contribution in [0.15, 0.2) is 77.4 Å². The molecule has 0 fully saturated rings. The van der Waals surface area contributed by atoms with Gasteiger partial charge in [-0.3, -0.25) is 9.59 Å². The first kappa shape index (κ1) is 20.5. The van der Waals surface area contributed by atoms with E-state index in [1.54, 1.807) is 12.1 Å². The van der Waals surface area contributed by atoms with Gasteiger partial charge in [0, 0.05) is 29.7 Å². The minimum absolute atomic E-state index is 0.114. The Morgan fingerprint density at radius 2 is 1.81 bits per heavy atom. The van der Waals surface area contributed by atoms with E-state index in [-0.39, 0.29) is 17.6 Å². The van der Waals surface area contributed by atoms with Crippen LogP contribution in [0.25, 0.3) is 10.9 Å². The number of hydrogen-bond acceptors (Lipinski definition) is 3. The molecule has 0 atom stereocenters. The van der Waals surface area contributed by atoms with Gasteiger partial charge in [0.25, 0.3) is 11.8 Å². The molecule has 31 heavy (non-hydrogen) atoms. The van der Waals surface area contributed by atoms with E-state index in [2.05, 4.69) is 22.1 Å². The van der Waals surface area contributed by atoms with Crippen LogP contribution in [0.2, 0.25) is 0 Å². The summed E-state index contributed by atoms with van der Waals surface area (Å²) in [5.74, 6) is -0.172. The molecule has 2 aromatic carbocycles. The van der Waals surface area contributed by atoms with E-state index in [0.717, 1.165) is 35.9 Å². The van der Waals surface area contributed by atoms with Crippen molar-refractivity contribution in [2.45, 2.75) is 32.9 Å². The first-order chi connectivity index (χ1) is 15.2. The molecular weight excluding hydrogens is 390 g/mol. The van der Waals surface area contributed by atoms with Crippen molar-refractivity contribution in [1.82, 2.24) is 9.88 Å². The smallest absolute Gasteiger partial charge is 0.291 e. The largest absolute Gasteiger partial charge is 0.459 e. The van der Waals surface area contributed by atoms with Crippen molar-refractivity contribution in [3.8, 4) is 0 Å². The molecule has 6 nitrogen and oxygen atoms in total. The fourth-order valence-corrected chi connectivity index (χ4v) is 3.56. The molecule has 0 unspecified atom stereocenters. The second-order valence-electron chi connectivity index (χ2n) is 7.41. The van der Waals surface area contributed by atoms with Crippen LogP contribution >= 0.6 is 0 Å². The standard InChI is InChI=1S/C25H25N3O3/c1-2-3-13-28-21-12-11-20(27-25(30)23-10-7-14-31-23)15-19(21)16-22(28)24(29)26-17-18-8-5-4-6-9-18/h4-12,14-16H,2-3,13,17H2,1H3,(H,26,29)(H,27,30). The lowest BCUT2D eigenvalue weighted by molar-refractivity contribution is 0.0941. The number of hydrogen-bond donors (Lipinski definition) is 2. The number of nitrogens with one attached hydrogen (secondary N) is 2. The molecule has 2 heterocycles. The van der Waals surface area contributed by atoms with Crippen LogP contribution in [-0.2, 0) is 13.1 Å². The van der Waals surface area contributed by atoms with Gasteiger partial charge in [-0.1, -0.05) is 43.7 Å². The molecule has 2 N–H and O–H groups in total. The molecule has 4 aromatic rings. The molecule has 0 saturated heterocycles. The molecule has 0 aliphatic rings. The van der Waals surface area contributed by atoms with Crippen LogP contribution in [0.4, 0.5) is 5.69 Å². The zero-order valence-electron chi connectivity index (χ0n) is 17.4. The maximum absolute atomic E-state index is 13.0. The van der Waals surface area contributed by atoms with E-state index in [0.29, 0.717) is 17.9 Å². The monoisotopic (exact) mass is 415 g/mol. The molecule has 0 spiro atoms. The van der Waals surface area contributed by atoms with Crippen LogP contribution in [-0.4, -0.2) is 16.4 Å². The molecule has 0 radical (unpaired) electrons. The highest BCUT2D eigenvalue weighted by molar-refractivity contribution is 6.04. The number of rotatable bonds is 8. The van der Waals surface area contributed by atoms with Crippen LogP contribution in [0, 0.1) is 0 Å². The second kappa shape index (κ2) is 9.34. The quantitative estimate of drug-likeness (QED) is 0.414. The van der Waals surface area contributed by atoms with Crippen molar-refractivity contribution in [3.63, 3.8) is 0 Å². The summed E-state index contributed by atoms with van der Waals surface area (Å²) in [5, 5.41) is 6.76. The predicted molar refractivity (Wildman–Crippen MR) is 121 cm³/mol. The first-order valence-electron chi connectivity index (χ1n) is 10.5. The molecule has 2 aromatic heterocycles. The summed E-state index contributed by atoms with van der Waals surface area (Å²) in [7, 11) is 0. The number of fused-ring (bicyclic) bond motifs is 1. The van der Waals surface area contributed by atoms with E-state index in [4.69, 9.17) is 4.42 Å². The van der Waals surface area contributed by atoms with Gasteiger partial charge in [0.2, 0.25) is 0 Å². The lowest BCUT2D eigenvalue weighted by Crippen LogP contribution is -2.25. The average Bonchev–Trinajstić information content (AvgIpc) is 3.45. The summed E-state index contributed by atoms with van der Waals surface area (Å²) in [5.41, 5.74) is 3.29. The third-order valence-corrected chi connectivity index (χ3v) is 5.17. The van der Waals surface area contributed by atoms with Gasteiger partial charge < -0.3 is 19.6 Å². The fourth-order valence-electron chi connectivity index (χ4n) is 3.56. The van der Waals surface area contributed by atoms with Gasteiger partial charge in [0.05, 0.1) is 6.26 Å². The molecule has 6 heteroatoms. The number of benzene rings is 2. The number of amides is 2. The summed E-state index contributed by atoms with van der Waals surface area (Å²) in [6.07, 6.45) is 3.47. The number of aromatic nitrogens is 1. The molecule has 0 aliphatic heterocycles. The van der Waals surface area contributed by atoms with Crippen molar-refractivity contribution in [2.75, 3.05) is 5.32 Å². The predicted octanol–water partition coefficient (Wildman–Crippen LogP) is 5.22. The van der Waals surface area contributed by atoms with Crippen LogP contribution in [0.1, 0.15) is 46.4 Å². The highest BCUT2D eigenvalue weighted by Gasteiger charge is 2.16. The van der Waals surface area contributed by atoms with E-state index in [1.807, 2.05) is 54.6 Å². The van der Waals surface area contributed by atoms with Crippen molar-refractivity contribution in [1.29, 1.82) is 0 Å². The van der Waals surface area contributed by atoms with Gasteiger partial charge in [0.15, 0.2) is 5.76 Å². The van der Waals surface area contributed by atoms with E-state index >= 15 is 0 Å². The van der Waals surface area contributed by atoms with Crippen molar-refractivity contribution in [3.05, 3.63) is 90.0 Å². The Labute approximate surface area is 180 Å².